The van der Waals surface area contributed by atoms with E-state index in [1.807, 2.05) is 0 Å². The predicted octanol–water partition coefficient (Wildman–Crippen LogP) is 0.171. The molecule has 98 valence electrons. The summed E-state index contributed by atoms with van der Waals surface area (Å²) in [6, 6.07) is 0. The normalized spacial score (nSPS) is 25.1. The van der Waals surface area contributed by atoms with Gasteiger partial charge < -0.3 is 20.1 Å². The molecular weight excluding hydrogens is 240 g/mol. The van der Waals surface area contributed by atoms with Crippen LogP contribution in [0.1, 0.15) is 13.8 Å². The van der Waals surface area contributed by atoms with Crippen LogP contribution < -0.4 is 5.73 Å². The summed E-state index contributed by atoms with van der Waals surface area (Å²) in [5.41, 5.74) is 4.77. The zero-order chi connectivity index (χ0) is 13.2. The maximum absolute atomic E-state index is 12.3. The van der Waals surface area contributed by atoms with Crippen molar-refractivity contribution in [1.82, 2.24) is 4.90 Å². The number of hydrogen-bond acceptors (Lipinski definition) is 4. The predicted molar refractivity (Wildman–Crippen MR) is 68.7 cm³/mol. The second-order valence-electron chi connectivity index (χ2n) is 4.75. The molecule has 2 N–H and O–H groups in total. The van der Waals surface area contributed by atoms with E-state index >= 15 is 0 Å². The van der Waals surface area contributed by atoms with Gasteiger partial charge in [0.15, 0.2) is 0 Å². The summed E-state index contributed by atoms with van der Waals surface area (Å²) in [7, 11) is 3.23. The highest BCUT2D eigenvalue weighted by molar-refractivity contribution is 7.80. The van der Waals surface area contributed by atoms with Crippen LogP contribution in [0.15, 0.2) is 0 Å². The average Bonchev–Trinajstić information content (AvgIpc) is 2.70. The second kappa shape index (κ2) is 5.29. The molecule has 0 saturated carbocycles. The van der Waals surface area contributed by atoms with Gasteiger partial charge in [0.05, 0.1) is 10.4 Å². The van der Waals surface area contributed by atoms with E-state index in [0.717, 1.165) is 0 Å². The van der Waals surface area contributed by atoms with Crippen molar-refractivity contribution in [1.29, 1.82) is 0 Å². The lowest BCUT2D eigenvalue weighted by molar-refractivity contribution is -0.136. The highest BCUT2D eigenvalue weighted by atomic mass is 32.1. The quantitative estimate of drug-likeness (QED) is 0.730. The standard InChI is InChI=1S/C11H20N2O3S/c1-11(2,9(12)17)10(14)13-5-7(15-3)8(6-13)16-4/h7-8H,5-6H2,1-4H3,(H2,12,17). The highest BCUT2D eigenvalue weighted by Crippen LogP contribution is 2.24. The third-order valence-corrected chi connectivity index (χ3v) is 3.77. The Morgan fingerprint density at radius 2 is 1.71 bits per heavy atom. The summed E-state index contributed by atoms with van der Waals surface area (Å²) in [6.07, 6.45) is -0.183. The molecule has 1 saturated heterocycles. The van der Waals surface area contributed by atoms with E-state index in [1.54, 1.807) is 33.0 Å². The number of rotatable bonds is 4. The first kappa shape index (κ1) is 14.3. The summed E-state index contributed by atoms with van der Waals surface area (Å²) in [5, 5.41) is 0. The van der Waals surface area contributed by atoms with E-state index < -0.39 is 5.41 Å². The second-order valence-corrected chi connectivity index (χ2v) is 5.19. The lowest BCUT2D eigenvalue weighted by Gasteiger charge is -2.28. The number of likely N-dealkylation sites (tertiary alicyclic amines) is 1. The lowest BCUT2D eigenvalue weighted by atomic mass is 9.92. The number of thiocarbonyl (C=S) groups is 1. The van der Waals surface area contributed by atoms with Crippen molar-refractivity contribution in [2.75, 3.05) is 27.3 Å². The monoisotopic (exact) mass is 260 g/mol. The molecule has 0 bridgehead atoms. The Bertz CT molecular complexity index is 308. The molecule has 0 aromatic rings. The third kappa shape index (κ3) is 2.75. The van der Waals surface area contributed by atoms with Crippen molar-refractivity contribution in [2.24, 2.45) is 11.1 Å². The molecule has 1 rings (SSSR count). The minimum Gasteiger partial charge on any atom is -0.392 e. The van der Waals surface area contributed by atoms with Gasteiger partial charge in [-0.05, 0) is 13.8 Å². The van der Waals surface area contributed by atoms with E-state index in [1.165, 1.54) is 0 Å². The van der Waals surface area contributed by atoms with Crippen LogP contribution in [-0.4, -0.2) is 55.3 Å². The Labute approximate surface area is 107 Å². The summed E-state index contributed by atoms with van der Waals surface area (Å²) >= 11 is 4.93. The molecule has 0 radical (unpaired) electrons. The zero-order valence-corrected chi connectivity index (χ0v) is 11.5. The van der Waals surface area contributed by atoms with Gasteiger partial charge in [0.2, 0.25) is 5.91 Å². The number of nitrogens with zero attached hydrogens (tertiary/aromatic N) is 1. The summed E-state index contributed by atoms with van der Waals surface area (Å²) in [6.45, 7) is 4.50. The van der Waals surface area contributed by atoms with Crippen LogP contribution in [0.3, 0.4) is 0 Å². The van der Waals surface area contributed by atoms with Gasteiger partial charge >= 0.3 is 0 Å². The molecular formula is C11H20N2O3S. The maximum Gasteiger partial charge on any atom is 0.235 e. The zero-order valence-electron chi connectivity index (χ0n) is 10.7. The maximum atomic E-state index is 12.3. The van der Waals surface area contributed by atoms with Crippen molar-refractivity contribution in [3.63, 3.8) is 0 Å². The van der Waals surface area contributed by atoms with Crippen LogP contribution in [0.25, 0.3) is 0 Å². The fourth-order valence-electron chi connectivity index (χ4n) is 1.86. The fraction of sp³-hybridized carbons (Fsp3) is 0.818. The Morgan fingerprint density at radius 3 is 2.00 bits per heavy atom. The van der Waals surface area contributed by atoms with Gasteiger partial charge in [-0.15, -0.1) is 0 Å². The highest BCUT2D eigenvalue weighted by Gasteiger charge is 2.42. The molecule has 1 fully saturated rings. The van der Waals surface area contributed by atoms with Crippen LogP contribution in [0.2, 0.25) is 0 Å². The topological polar surface area (TPSA) is 64.8 Å². The van der Waals surface area contributed by atoms with Gasteiger partial charge in [0.25, 0.3) is 0 Å². The first-order valence-corrected chi connectivity index (χ1v) is 5.90. The molecule has 1 aliphatic heterocycles. The van der Waals surface area contributed by atoms with Crippen molar-refractivity contribution in [3.8, 4) is 0 Å². The van der Waals surface area contributed by atoms with Gasteiger partial charge in [0, 0.05) is 27.3 Å². The number of ether oxygens (including phenoxy) is 2. The molecule has 0 aromatic heterocycles. The number of carbonyl (C=O) groups is 1. The molecule has 1 aliphatic rings. The summed E-state index contributed by atoms with van der Waals surface area (Å²) in [5.74, 6) is -0.0772. The third-order valence-electron chi connectivity index (χ3n) is 3.26. The molecule has 1 amide bonds. The molecule has 2 unspecified atom stereocenters. The first-order valence-electron chi connectivity index (χ1n) is 5.49. The molecule has 2 atom stereocenters. The Balaban J connectivity index is 2.77. The van der Waals surface area contributed by atoms with Gasteiger partial charge in [-0.2, -0.15) is 0 Å². The van der Waals surface area contributed by atoms with Gasteiger partial charge in [0.1, 0.15) is 12.2 Å². The van der Waals surface area contributed by atoms with Crippen molar-refractivity contribution in [2.45, 2.75) is 26.1 Å². The van der Waals surface area contributed by atoms with Crippen LogP contribution in [0, 0.1) is 5.41 Å². The van der Waals surface area contributed by atoms with E-state index in [9.17, 15) is 4.79 Å². The SMILES string of the molecule is COC1CN(C(=O)C(C)(C)C(N)=S)CC1OC. The molecule has 0 aromatic carbocycles. The van der Waals surface area contributed by atoms with Crippen LogP contribution in [-0.2, 0) is 14.3 Å². The molecule has 17 heavy (non-hydrogen) atoms. The molecule has 5 nitrogen and oxygen atoms in total. The van der Waals surface area contributed by atoms with E-state index in [2.05, 4.69) is 0 Å². The van der Waals surface area contributed by atoms with Crippen LogP contribution in [0.4, 0.5) is 0 Å². The molecule has 0 spiro atoms. The number of amides is 1. The Kier molecular flexibility index (Phi) is 4.46. The minimum absolute atomic E-state index is 0.0772. The van der Waals surface area contributed by atoms with E-state index in [0.29, 0.717) is 13.1 Å². The molecule has 6 heteroatoms. The lowest BCUT2D eigenvalue weighted by Crippen LogP contribution is -2.46. The Morgan fingerprint density at radius 1 is 1.29 bits per heavy atom. The number of carbonyl (C=O) groups excluding carboxylic acids is 1. The van der Waals surface area contributed by atoms with Crippen molar-refractivity contribution in [3.05, 3.63) is 0 Å². The molecule has 1 heterocycles. The largest absolute Gasteiger partial charge is 0.392 e. The van der Waals surface area contributed by atoms with Gasteiger partial charge in [-0.3, -0.25) is 4.79 Å². The smallest absolute Gasteiger partial charge is 0.235 e. The number of nitrogens with two attached hydrogens (primary N) is 1. The van der Waals surface area contributed by atoms with Crippen LogP contribution >= 0.6 is 12.2 Å². The first-order chi connectivity index (χ1) is 7.84. The van der Waals surface area contributed by atoms with Crippen molar-refractivity contribution < 1.29 is 14.3 Å². The average molecular weight is 260 g/mol. The van der Waals surface area contributed by atoms with Crippen molar-refractivity contribution >= 4 is 23.1 Å². The van der Waals surface area contributed by atoms with Gasteiger partial charge in [-0.25, -0.2) is 0 Å². The summed E-state index contributed by atoms with van der Waals surface area (Å²) < 4.78 is 10.6. The van der Waals surface area contributed by atoms with E-state index in [4.69, 9.17) is 27.4 Å². The number of hydrogen-bond donors (Lipinski definition) is 1. The van der Waals surface area contributed by atoms with Gasteiger partial charge in [-0.1, -0.05) is 12.2 Å². The number of methoxy groups -OCH3 is 2. The Hall–Kier alpha value is -0.720. The minimum atomic E-state index is -0.823. The van der Waals surface area contributed by atoms with Crippen LogP contribution in [0.5, 0.6) is 0 Å². The summed E-state index contributed by atoms with van der Waals surface area (Å²) in [4.78, 5) is 14.2. The fourth-order valence-corrected chi connectivity index (χ4v) is 1.95. The molecule has 0 aliphatic carbocycles. The van der Waals surface area contributed by atoms with E-state index in [-0.39, 0.29) is 23.1 Å².